The van der Waals surface area contributed by atoms with Crippen LogP contribution in [0.25, 0.3) is 0 Å². The topological polar surface area (TPSA) is 129 Å². The molecule has 1 aliphatic carbocycles. The smallest absolute Gasteiger partial charge is 0.303 e. The molecule has 0 spiro atoms. The minimum absolute atomic E-state index is 0.0563. The molecule has 11 nitrogen and oxygen atoms in total. The van der Waals surface area contributed by atoms with Gasteiger partial charge in [0.1, 0.15) is 12.4 Å². The zero-order valence-corrected chi connectivity index (χ0v) is 30.6. The van der Waals surface area contributed by atoms with Crippen LogP contribution in [0.1, 0.15) is 68.1 Å². The molecule has 272 valence electrons. The minimum Gasteiger partial charge on any atom is -0.487 e. The first-order valence-electron chi connectivity index (χ1n) is 17.8. The Balaban J connectivity index is 1.44. The van der Waals surface area contributed by atoms with E-state index >= 15 is 0 Å². The molecule has 3 heterocycles. The van der Waals surface area contributed by atoms with E-state index in [-0.39, 0.29) is 31.4 Å². The third-order valence-corrected chi connectivity index (χ3v) is 12.6. The zero-order chi connectivity index (χ0) is 35.5. The zero-order valence-electron chi connectivity index (χ0n) is 29.0. The van der Waals surface area contributed by atoms with Crippen molar-refractivity contribution in [1.29, 1.82) is 0 Å². The maximum Gasteiger partial charge on any atom is 0.303 e. The SMILES string of the molecule is CO[C@H]1/C=C/CCN(C)C(=O)CC(O)(C(=O)NS(=O)(=O)N2CCCC2)c2ccc3c(c2)N(CCCCc2cc(Cl)ccc2CO3)C[C@@H]2CC[C@H]21. The summed E-state index contributed by atoms with van der Waals surface area (Å²) in [5.74, 6) is -0.466. The Hall–Kier alpha value is -3.16. The number of benzene rings is 2. The van der Waals surface area contributed by atoms with Crippen molar-refractivity contribution in [2.75, 3.05) is 51.8 Å². The first-order chi connectivity index (χ1) is 24.0. The quantitative estimate of drug-likeness (QED) is 0.439. The number of methoxy groups -OCH3 is 1. The van der Waals surface area contributed by atoms with Crippen LogP contribution in [0.2, 0.25) is 5.02 Å². The van der Waals surface area contributed by atoms with Gasteiger partial charge in [0, 0.05) is 51.9 Å². The second kappa shape index (κ2) is 15.6. The molecule has 2 aromatic carbocycles. The number of carbonyl (C=O) groups is 2. The van der Waals surface area contributed by atoms with E-state index in [0.717, 1.165) is 43.2 Å². The van der Waals surface area contributed by atoms with Crippen molar-refractivity contribution in [3.8, 4) is 5.75 Å². The van der Waals surface area contributed by atoms with Gasteiger partial charge in [-0.05, 0) is 104 Å². The lowest BCUT2D eigenvalue weighted by atomic mass is 9.70. The van der Waals surface area contributed by atoms with Gasteiger partial charge in [-0.2, -0.15) is 12.7 Å². The van der Waals surface area contributed by atoms with Crippen LogP contribution in [0.15, 0.2) is 48.6 Å². The number of rotatable bonds is 4. The van der Waals surface area contributed by atoms with Gasteiger partial charge in [-0.15, -0.1) is 0 Å². The van der Waals surface area contributed by atoms with E-state index < -0.39 is 34.0 Å². The molecule has 0 radical (unpaired) electrons. The van der Waals surface area contributed by atoms with Crippen molar-refractivity contribution in [2.45, 2.75) is 76.1 Å². The van der Waals surface area contributed by atoms with Gasteiger partial charge < -0.3 is 24.4 Å². The molecule has 2 amide bonds. The first kappa shape index (κ1) is 36.6. The molecular formula is C37H49ClN4O7S. The third kappa shape index (κ3) is 7.99. The molecule has 1 saturated carbocycles. The highest BCUT2D eigenvalue weighted by molar-refractivity contribution is 7.87. The Labute approximate surface area is 300 Å². The van der Waals surface area contributed by atoms with Gasteiger partial charge in [0.2, 0.25) is 5.91 Å². The predicted molar refractivity (Wildman–Crippen MR) is 192 cm³/mol. The number of hydrogen-bond donors (Lipinski definition) is 2. The van der Waals surface area contributed by atoms with Crippen molar-refractivity contribution in [3.63, 3.8) is 0 Å². The molecule has 13 heteroatoms. The largest absolute Gasteiger partial charge is 0.487 e. The molecular weight excluding hydrogens is 680 g/mol. The molecule has 3 aliphatic heterocycles. The van der Waals surface area contributed by atoms with Crippen LogP contribution in [0.3, 0.4) is 0 Å². The molecule has 2 bridgehead atoms. The van der Waals surface area contributed by atoms with Crippen LogP contribution in [-0.2, 0) is 43.2 Å². The van der Waals surface area contributed by atoms with Crippen molar-refractivity contribution < 1.29 is 32.6 Å². The minimum atomic E-state index is -4.24. The Morgan fingerprint density at radius 1 is 1.04 bits per heavy atom. The summed E-state index contributed by atoms with van der Waals surface area (Å²) in [4.78, 5) is 31.4. The Kier molecular flexibility index (Phi) is 11.4. The van der Waals surface area contributed by atoms with Crippen molar-refractivity contribution in [2.24, 2.45) is 11.8 Å². The maximum atomic E-state index is 14.0. The van der Waals surface area contributed by atoms with Crippen LogP contribution >= 0.6 is 11.6 Å². The van der Waals surface area contributed by atoms with E-state index in [1.165, 1.54) is 9.21 Å². The Morgan fingerprint density at radius 3 is 2.56 bits per heavy atom. The third-order valence-electron chi connectivity index (χ3n) is 10.9. The molecule has 2 fully saturated rings. The second-order valence-electron chi connectivity index (χ2n) is 14.1. The number of nitrogens with one attached hydrogen (secondary N) is 1. The first-order valence-corrected chi connectivity index (χ1v) is 19.6. The predicted octanol–water partition coefficient (Wildman–Crippen LogP) is 4.56. The number of halogens is 1. The van der Waals surface area contributed by atoms with Gasteiger partial charge in [-0.3, -0.25) is 9.59 Å². The van der Waals surface area contributed by atoms with E-state index in [4.69, 9.17) is 21.1 Å². The summed E-state index contributed by atoms with van der Waals surface area (Å²) < 4.78 is 42.3. The van der Waals surface area contributed by atoms with E-state index in [0.29, 0.717) is 67.2 Å². The number of fused-ring (bicyclic) bond motifs is 3. The summed E-state index contributed by atoms with van der Waals surface area (Å²) in [5.41, 5.74) is 0.474. The molecule has 4 aliphatic rings. The van der Waals surface area contributed by atoms with E-state index in [1.807, 2.05) is 24.3 Å². The number of nitrogens with zero attached hydrogens (tertiary/aromatic N) is 3. The fourth-order valence-electron chi connectivity index (χ4n) is 7.61. The number of amides is 2. The van der Waals surface area contributed by atoms with Gasteiger partial charge in [-0.1, -0.05) is 35.9 Å². The number of aliphatic hydroxyl groups is 1. The van der Waals surface area contributed by atoms with Crippen molar-refractivity contribution in [3.05, 3.63) is 70.3 Å². The van der Waals surface area contributed by atoms with Crippen LogP contribution in [0.5, 0.6) is 5.75 Å². The molecule has 6 rings (SSSR count). The van der Waals surface area contributed by atoms with Crippen LogP contribution < -0.4 is 14.4 Å². The highest BCUT2D eigenvalue weighted by Gasteiger charge is 2.45. The second-order valence-corrected chi connectivity index (χ2v) is 16.2. The monoisotopic (exact) mass is 728 g/mol. The van der Waals surface area contributed by atoms with E-state index in [9.17, 15) is 23.1 Å². The highest BCUT2D eigenvalue weighted by Crippen LogP contribution is 2.43. The van der Waals surface area contributed by atoms with Crippen LogP contribution in [-0.4, -0.2) is 87.5 Å². The van der Waals surface area contributed by atoms with E-state index in [1.54, 1.807) is 32.4 Å². The van der Waals surface area contributed by atoms with Crippen LogP contribution in [0, 0.1) is 11.8 Å². The van der Waals surface area contributed by atoms with Crippen molar-refractivity contribution >= 4 is 39.3 Å². The standard InChI is InChI=1S/C37H49ClN4O7S/c1-40-17-5-4-10-33(48-2)31-15-12-27(31)24-41-18-6-3-9-26-21-30(38)14-11-28(26)25-49-34-16-13-29(22-32(34)41)37(45,23-35(40)43)36(44)39-50(46,47)42-19-7-8-20-42/h4,10-11,13-14,16,21-22,27,31,33,45H,3,5-9,12,15,17-20,23-25H2,1-2H3,(H,39,44)/b10-4+/t27-,31+,33-,37?/m0/s1. The van der Waals surface area contributed by atoms with Crippen LogP contribution in [0.4, 0.5) is 5.69 Å². The summed E-state index contributed by atoms with van der Waals surface area (Å²) in [7, 11) is -0.886. The average Bonchev–Trinajstić information content (AvgIpc) is 3.63. The number of ether oxygens (including phenoxy) is 2. The number of carbonyl (C=O) groups excluding carboxylic acids is 2. The summed E-state index contributed by atoms with van der Waals surface area (Å²) in [6, 6.07) is 10.8. The molecule has 2 aromatic rings. The molecule has 0 aromatic heterocycles. The summed E-state index contributed by atoms with van der Waals surface area (Å²) in [5, 5.41) is 13.0. The highest BCUT2D eigenvalue weighted by atomic mass is 35.5. The molecule has 2 N–H and O–H groups in total. The van der Waals surface area contributed by atoms with Gasteiger partial charge in [0.15, 0.2) is 5.60 Å². The summed E-state index contributed by atoms with van der Waals surface area (Å²) >= 11 is 6.37. The maximum absolute atomic E-state index is 14.0. The van der Waals surface area contributed by atoms with Gasteiger partial charge in [0.05, 0.1) is 18.2 Å². The number of anilines is 1. The van der Waals surface area contributed by atoms with Gasteiger partial charge >= 0.3 is 10.2 Å². The Bertz CT molecular complexity index is 1700. The fraction of sp³-hybridized carbons (Fsp3) is 0.568. The molecule has 4 atom stereocenters. The Morgan fingerprint density at radius 2 is 1.82 bits per heavy atom. The lowest BCUT2D eigenvalue weighted by molar-refractivity contribution is -0.148. The fourth-order valence-corrected chi connectivity index (χ4v) is 9.08. The van der Waals surface area contributed by atoms with E-state index in [2.05, 4.69) is 15.7 Å². The lowest BCUT2D eigenvalue weighted by Crippen LogP contribution is -2.52. The van der Waals surface area contributed by atoms with Crippen molar-refractivity contribution in [1.82, 2.24) is 13.9 Å². The summed E-state index contributed by atoms with van der Waals surface area (Å²) in [6.07, 6.45) is 10.0. The number of aryl methyl sites for hydroxylation is 1. The number of hydrogen-bond acceptors (Lipinski definition) is 8. The molecule has 1 unspecified atom stereocenters. The summed E-state index contributed by atoms with van der Waals surface area (Å²) in [6.45, 7) is 2.58. The normalized spacial score (nSPS) is 27.6. The lowest BCUT2D eigenvalue weighted by Gasteiger charge is -2.43. The van der Waals surface area contributed by atoms with Gasteiger partial charge in [0.25, 0.3) is 5.91 Å². The molecule has 1 saturated heterocycles. The van der Waals surface area contributed by atoms with Gasteiger partial charge in [-0.25, -0.2) is 4.72 Å². The average molecular weight is 729 g/mol. The molecule has 50 heavy (non-hydrogen) atoms.